The van der Waals surface area contributed by atoms with E-state index in [9.17, 15) is 0 Å². The Morgan fingerprint density at radius 1 is 1.40 bits per heavy atom. The van der Waals surface area contributed by atoms with E-state index in [1.807, 2.05) is 6.07 Å². The number of halogens is 2. The highest BCUT2D eigenvalue weighted by Crippen LogP contribution is 2.32. The van der Waals surface area contributed by atoms with Crippen molar-refractivity contribution in [3.63, 3.8) is 0 Å². The van der Waals surface area contributed by atoms with Crippen molar-refractivity contribution in [2.75, 3.05) is 13.2 Å². The number of nitrogens with two attached hydrogens (primary N) is 1. The maximum Gasteiger partial charge on any atom is 0.0513 e. The Morgan fingerprint density at radius 3 is 2.87 bits per heavy atom. The Kier molecular flexibility index (Phi) is 3.52. The molecule has 0 spiro atoms. The standard InChI is InChI=1S/C11H13Cl2NO/c12-8-1-2-10(13)9(5-8)11(14)7-3-4-15-6-7/h1-2,5,7,11H,3-4,6,14H2/t7-,11+/m0/s1. The van der Waals surface area contributed by atoms with Gasteiger partial charge in [-0.1, -0.05) is 23.2 Å². The van der Waals surface area contributed by atoms with Gasteiger partial charge in [0.05, 0.1) is 6.61 Å². The molecule has 15 heavy (non-hydrogen) atoms. The van der Waals surface area contributed by atoms with Crippen LogP contribution in [0.5, 0.6) is 0 Å². The summed E-state index contributed by atoms with van der Waals surface area (Å²) in [6.07, 6.45) is 0.990. The quantitative estimate of drug-likeness (QED) is 0.870. The second-order valence-corrected chi connectivity index (χ2v) is 4.66. The fraction of sp³-hybridized carbons (Fsp3) is 0.455. The van der Waals surface area contributed by atoms with Crippen molar-refractivity contribution in [1.82, 2.24) is 0 Å². The molecule has 1 aromatic rings. The van der Waals surface area contributed by atoms with Gasteiger partial charge in [-0.05, 0) is 30.2 Å². The van der Waals surface area contributed by atoms with Gasteiger partial charge in [-0.3, -0.25) is 0 Å². The van der Waals surface area contributed by atoms with Crippen LogP contribution >= 0.6 is 23.2 Å². The molecule has 0 radical (unpaired) electrons. The van der Waals surface area contributed by atoms with Crippen LogP contribution in [0.3, 0.4) is 0 Å². The van der Waals surface area contributed by atoms with Crippen molar-refractivity contribution in [2.24, 2.45) is 11.7 Å². The lowest BCUT2D eigenvalue weighted by Crippen LogP contribution is -2.21. The van der Waals surface area contributed by atoms with E-state index < -0.39 is 0 Å². The number of hydrogen-bond donors (Lipinski definition) is 1. The van der Waals surface area contributed by atoms with Crippen LogP contribution in [0.15, 0.2) is 18.2 Å². The predicted molar refractivity (Wildman–Crippen MR) is 62.3 cm³/mol. The molecule has 0 saturated carbocycles. The Hall–Kier alpha value is -0.280. The number of rotatable bonds is 2. The molecule has 1 aliphatic rings. The third-order valence-electron chi connectivity index (χ3n) is 2.79. The minimum absolute atomic E-state index is 0.0845. The molecule has 2 N–H and O–H groups in total. The SMILES string of the molecule is N[C@@H](c1cc(Cl)ccc1Cl)[C@H]1CCOC1. The largest absolute Gasteiger partial charge is 0.381 e. The summed E-state index contributed by atoms with van der Waals surface area (Å²) in [5, 5.41) is 1.35. The van der Waals surface area contributed by atoms with Crippen molar-refractivity contribution in [3.8, 4) is 0 Å². The molecular weight excluding hydrogens is 233 g/mol. The summed E-state index contributed by atoms with van der Waals surface area (Å²) in [4.78, 5) is 0. The highest BCUT2D eigenvalue weighted by Gasteiger charge is 2.25. The van der Waals surface area contributed by atoms with Gasteiger partial charge in [0, 0.05) is 28.6 Å². The van der Waals surface area contributed by atoms with Crippen molar-refractivity contribution >= 4 is 23.2 Å². The van der Waals surface area contributed by atoms with Crippen LogP contribution in [-0.2, 0) is 4.74 Å². The molecule has 2 atom stereocenters. The molecule has 4 heteroatoms. The first kappa shape index (κ1) is 11.2. The Morgan fingerprint density at radius 2 is 2.20 bits per heavy atom. The van der Waals surface area contributed by atoms with Crippen LogP contribution in [0.2, 0.25) is 10.0 Å². The first-order valence-electron chi connectivity index (χ1n) is 4.97. The van der Waals surface area contributed by atoms with Gasteiger partial charge in [-0.15, -0.1) is 0 Å². The van der Waals surface area contributed by atoms with E-state index in [1.165, 1.54) is 0 Å². The van der Waals surface area contributed by atoms with Crippen LogP contribution in [0, 0.1) is 5.92 Å². The van der Waals surface area contributed by atoms with E-state index in [1.54, 1.807) is 12.1 Å². The molecule has 0 bridgehead atoms. The second kappa shape index (κ2) is 4.71. The molecule has 2 nitrogen and oxygen atoms in total. The van der Waals surface area contributed by atoms with Crippen molar-refractivity contribution in [2.45, 2.75) is 12.5 Å². The van der Waals surface area contributed by atoms with Crippen LogP contribution in [0.25, 0.3) is 0 Å². The summed E-state index contributed by atoms with van der Waals surface area (Å²) in [5.74, 6) is 0.348. The lowest BCUT2D eigenvalue weighted by molar-refractivity contribution is 0.181. The number of ether oxygens (including phenoxy) is 1. The van der Waals surface area contributed by atoms with Crippen LogP contribution in [0.1, 0.15) is 18.0 Å². The third kappa shape index (κ3) is 2.45. The molecular formula is C11H13Cl2NO. The zero-order valence-electron chi connectivity index (χ0n) is 8.25. The summed E-state index contributed by atoms with van der Waals surface area (Å²) < 4.78 is 5.31. The summed E-state index contributed by atoms with van der Waals surface area (Å²) in [6, 6.07) is 5.31. The molecule has 2 rings (SSSR count). The lowest BCUT2D eigenvalue weighted by atomic mass is 9.93. The highest BCUT2D eigenvalue weighted by atomic mass is 35.5. The van der Waals surface area contributed by atoms with Crippen LogP contribution in [-0.4, -0.2) is 13.2 Å². The van der Waals surface area contributed by atoms with Gasteiger partial charge >= 0.3 is 0 Å². The fourth-order valence-corrected chi connectivity index (χ4v) is 2.28. The first-order chi connectivity index (χ1) is 7.18. The molecule has 1 fully saturated rings. The van der Waals surface area contributed by atoms with Gasteiger partial charge in [0.1, 0.15) is 0 Å². The molecule has 1 aromatic carbocycles. The molecule has 0 aliphatic carbocycles. The Bertz CT molecular complexity index is 350. The van der Waals surface area contributed by atoms with E-state index in [2.05, 4.69) is 0 Å². The minimum Gasteiger partial charge on any atom is -0.381 e. The second-order valence-electron chi connectivity index (χ2n) is 3.82. The molecule has 82 valence electrons. The summed E-state index contributed by atoms with van der Waals surface area (Å²) in [6.45, 7) is 1.50. The van der Waals surface area contributed by atoms with E-state index in [4.69, 9.17) is 33.7 Å². The Labute approximate surface area is 99.3 Å². The lowest BCUT2D eigenvalue weighted by Gasteiger charge is -2.19. The molecule has 0 aromatic heterocycles. The predicted octanol–water partition coefficient (Wildman–Crippen LogP) is 3.03. The zero-order valence-corrected chi connectivity index (χ0v) is 9.76. The van der Waals surface area contributed by atoms with Crippen LogP contribution in [0.4, 0.5) is 0 Å². The fourth-order valence-electron chi connectivity index (χ4n) is 1.86. The van der Waals surface area contributed by atoms with E-state index in [0.717, 1.165) is 18.6 Å². The average Bonchev–Trinajstić information content (AvgIpc) is 2.74. The average molecular weight is 246 g/mol. The normalized spacial score (nSPS) is 23.0. The van der Waals surface area contributed by atoms with Gasteiger partial charge in [0.2, 0.25) is 0 Å². The highest BCUT2D eigenvalue weighted by molar-refractivity contribution is 6.33. The summed E-state index contributed by atoms with van der Waals surface area (Å²) in [7, 11) is 0. The number of benzene rings is 1. The molecule has 1 aliphatic heterocycles. The summed E-state index contributed by atoms with van der Waals surface area (Å²) >= 11 is 12.0. The van der Waals surface area contributed by atoms with Crippen molar-refractivity contribution in [3.05, 3.63) is 33.8 Å². The van der Waals surface area contributed by atoms with Crippen LogP contribution < -0.4 is 5.73 Å². The maximum absolute atomic E-state index is 6.15. The maximum atomic E-state index is 6.15. The molecule has 0 amide bonds. The smallest absolute Gasteiger partial charge is 0.0513 e. The van der Waals surface area contributed by atoms with E-state index >= 15 is 0 Å². The summed E-state index contributed by atoms with van der Waals surface area (Å²) in [5.41, 5.74) is 7.06. The molecule has 1 saturated heterocycles. The first-order valence-corrected chi connectivity index (χ1v) is 5.72. The van der Waals surface area contributed by atoms with Crippen molar-refractivity contribution in [1.29, 1.82) is 0 Å². The topological polar surface area (TPSA) is 35.2 Å². The van der Waals surface area contributed by atoms with Gasteiger partial charge in [0.15, 0.2) is 0 Å². The van der Waals surface area contributed by atoms with Gasteiger partial charge in [-0.25, -0.2) is 0 Å². The monoisotopic (exact) mass is 245 g/mol. The molecule has 1 heterocycles. The van der Waals surface area contributed by atoms with Gasteiger partial charge < -0.3 is 10.5 Å². The molecule has 0 unspecified atom stereocenters. The minimum atomic E-state index is -0.0845. The number of hydrogen-bond acceptors (Lipinski definition) is 2. The third-order valence-corrected chi connectivity index (χ3v) is 3.37. The Balaban J connectivity index is 2.23. The van der Waals surface area contributed by atoms with Crippen molar-refractivity contribution < 1.29 is 4.74 Å². The van der Waals surface area contributed by atoms with Gasteiger partial charge in [-0.2, -0.15) is 0 Å². The zero-order chi connectivity index (χ0) is 10.8. The van der Waals surface area contributed by atoms with E-state index in [0.29, 0.717) is 22.6 Å². The van der Waals surface area contributed by atoms with Gasteiger partial charge in [0.25, 0.3) is 0 Å². The van der Waals surface area contributed by atoms with E-state index in [-0.39, 0.29) is 6.04 Å².